The van der Waals surface area contributed by atoms with Gasteiger partial charge in [-0.2, -0.15) is 0 Å². The zero-order chi connectivity index (χ0) is 23.4. The Labute approximate surface area is 188 Å². The molecule has 1 aliphatic rings. The van der Waals surface area contributed by atoms with Crippen molar-refractivity contribution in [1.82, 2.24) is 5.32 Å². The summed E-state index contributed by atoms with van der Waals surface area (Å²) >= 11 is 6.30. The van der Waals surface area contributed by atoms with Crippen LogP contribution in [0.15, 0.2) is 42.0 Å². The molecule has 1 aliphatic heterocycles. The molecule has 0 aliphatic carbocycles. The van der Waals surface area contributed by atoms with Gasteiger partial charge < -0.3 is 14.6 Å². The summed E-state index contributed by atoms with van der Waals surface area (Å²) in [4.78, 5) is 49.4. The number of aromatic carboxylic acids is 1. The van der Waals surface area contributed by atoms with Gasteiger partial charge in [-0.3, -0.25) is 14.9 Å². The van der Waals surface area contributed by atoms with E-state index in [0.717, 1.165) is 11.3 Å². The first-order valence-electron chi connectivity index (χ1n) is 9.52. The second-order valence-corrected chi connectivity index (χ2v) is 7.10. The minimum absolute atomic E-state index is 0.0161. The van der Waals surface area contributed by atoms with Crippen molar-refractivity contribution in [2.24, 2.45) is 0 Å². The number of hydrogen-bond acceptors (Lipinski definition) is 6. The van der Waals surface area contributed by atoms with Crippen molar-refractivity contribution in [3.63, 3.8) is 0 Å². The summed E-state index contributed by atoms with van der Waals surface area (Å²) < 4.78 is 10.9. The largest absolute Gasteiger partial charge is 0.493 e. The van der Waals surface area contributed by atoms with Crippen LogP contribution in [0.4, 0.5) is 10.5 Å². The van der Waals surface area contributed by atoms with E-state index in [0.29, 0.717) is 23.7 Å². The van der Waals surface area contributed by atoms with Crippen LogP contribution >= 0.6 is 11.6 Å². The molecule has 4 amide bonds. The van der Waals surface area contributed by atoms with Gasteiger partial charge in [-0.15, -0.1) is 0 Å². The van der Waals surface area contributed by atoms with Crippen LogP contribution in [0, 0.1) is 0 Å². The van der Waals surface area contributed by atoms with Gasteiger partial charge in [-0.1, -0.05) is 18.5 Å². The van der Waals surface area contributed by atoms with Crippen LogP contribution in [0.1, 0.15) is 29.3 Å². The third-order valence-corrected chi connectivity index (χ3v) is 4.77. The third kappa shape index (κ3) is 4.57. The van der Waals surface area contributed by atoms with Crippen LogP contribution in [0.5, 0.6) is 11.5 Å². The number of carboxylic acids is 1. The van der Waals surface area contributed by atoms with Crippen molar-refractivity contribution >= 4 is 47.2 Å². The molecule has 0 radical (unpaired) electrons. The zero-order valence-electron chi connectivity index (χ0n) is 17.2. The third-order valence-electron chi connectivity index (χ3n) is 4.49. The molecular formula is C22H19ClN2O7. The Morgan fingerprint density at radius 3 is 2.47 bits per heavy atom. The molecule has 166 valence electrons. The second-order valence-electron chi connectivity index (χ2n) is 6.69. The Morgan fingerprint density at radius 2 is 1.88 bits per heavy atom. The van der Waals surface area contributed by atoms with Crippen LogP contribution in [0.25, 0.3) is 6.08 Å². The lowest BCUT2D eigenvalue weighted by Crippen LogP contribution is -2.54. The number of barbiturate groups is 1. The number of hydrogen-bond donors (Lipinski definition) is 2. The molecule has 9 nitrogen and oxygen atoms in total. The molecular weight excluding hydrogens is 440 g/mol. The Balaban J connectivity index is 1.98. The van der Waals surface area contributed by atoms with Crippen molar-refractivity contribution in [2.75, 3.05) is 18.6 Å². The standard InChI is InChI=1S/C22H19ClN2O7/c1-3-8-32-18-16(23)10-12(11-17(18)31-2)9-15-19(26)24-22(30)25(20(15)27)14-6-4-13(5-7-14)21(28)29/h4-7,9-11H,3,8H2,1-2H3,(H,28,29)(H,24,26,30)/b15-9+. The van der Waals surface area contributed by atoms with E-state index in [1.54, 1.807) is 6.07 Å². The highest BCUT2D eigenvalue weighted by atomic mass is 35.5. The Bertz CT molecular complexity index is 1130. The summed E-state index contributed by atoms with van der Waals surface area (Å²) in [5.41, 5.74) is 0.157. The van der Waals surface area contributed by atoms with Gasteiger partial charge in [0, 0.05) is 0 Å². The van der Waals surface area contributed by atoms with Gasteiger partial charge in [0.25, 0.3) is 11.8 Å². The maximum absolute atomic E-state index is 13.0. The molecule has 1 heterocycles. The van der Waals surface area contributed by atoms with E-state index in [2.05, 4.69) is 5.32 Å². The number of nitrogens with zero attached hydrogens (tertiary/aromatic N) is 1. The van der Waals surface area contributed by atoms with Gasteiger partial charge in [0.1, 0.15) is 5.57 Å². The van der Waals surface area contributed by atoms with Gasteiger partial charge in [-0.25, -0.2) is 14.5 Å². The number of nitrogens with one attached hydrogen (secondary N) is 1. The Kier molecular flexibility index (Phi) is 6.79. The predicted octanol–water partition coefficient (Wildman–Crippen LogP) is 3.50. The number of benzene rings is 2. The maximum Gasteiger partial charge on any atom is 0.335 e. The van der Waals surface area contributed by atoms with Crippen LogP contribution in [-0.4, -0.2) is 42.6 Å². The van der Waals surface area contributed by atoms with Crippen molar-refractivity contribution in [3.8, 4) is 11.5 Å². The topological polar surface area (TPSA) is 122 Å². The van der Waals surface area contributed by atoms with E-state index < -0.39 is 23.8 Å². The number of carbonyl (C=O) groups excluding carboxylic acids is 3. The van der Waals surface area contributed by atoms with Crippen LogP contribution in [0.3, 0.4) is 0 Å². The number of urea groups is 1. The fraction of sp³-hybridized carbons (Fsp3) is 0.182. The minimum Gasteiger partial charge on any atom is -0.493 e. The van der Waals surface area contributed by atoms with Gasteiger partial charge in [0.2, 0.25) is 0 Å². The lowest BCUT2D eigenvalue weighted by Gasteiger charge is -2.26. The predicted molar refractivity (Wildman–Crippen MR) is 116 cm³/mol. The molecule has 1 fully saturated rings. The SMILES string of the molecule is CCCOc1c(Cl)cc(/C=C2\C(=O)NC(=O)N(c3ccc(C(=O)O)cc3)C2=O)cc1OC. The number of methoxy groups -OCH3 is 1. The summed E-state index contributed by atoms with van der Waals surface area (Å²) in [6.07, 6.45) is 2.04. The summed E-state index contributed by atoms with van der Waals surface area (Å²) in [6, 6.07) is 7.20. The van der Waals surface area contributed by atoms with Crippen LogP contribution in [0.2, 0.25) is 5.02 Å². The molecule has 2 N–H and O–H groups in total. The zero-order valence-corrected chi connectivity index (χ0v) is 17.9. The van der Waals surface area contributed by atoms with E-state index in [-0.39, 0.29) is 21.8 Å². The maximum atomic E-state index is 13.0. The lowest BCUT2D eigenvalue weighted by molar-refractivity contribution is -0.122. The highest BCUT2D eigenvalue weighted by Crippen LogP contribution is 2.37. The van der Waals surface area contributed by atoms with E-state index in [4.69, 9.17) is 26.2 Å². The molecule has 0 atom stereocenters. The monoisotopic (exact) mass is 458 g/mol. The van der Waals surface area contributed by atoms with E-state index in [9.17, 15) is 19.2 Å². The highest BCUT2D eigenvalue weighted by molar-refractivity contribution is 6.39. The first kappa shape index (κ1) is 22.8. The van der Waals surface area contributed by atoms with Crippen molar-refractivity contribution in [3.05, 3.63) is 58.1 Å². The number of amides is 4. The quantitative estimate of drug-likeness (QED) is 0.481. The first-order valence-corrected chi connectivity index (χ1v) is 9.89. The highest BCUT2D eigenvalue weighted by Gasteiger charge is 2.37. The molecule has 1 saturated heterocycles. The van der Waals surface area contributed by atoms with Crippen molar-refractivity contribution < 1.29 is 33.8 Å². The van der Waals surface area contributed by atoms with Crippen LogP contribution < -0.4 is 19.7 Å². The number of halogens is 1. The number of imide groups is 2. The average Bonchev–Trinajstić information content (AvgIpc) is 2.75. The molecule has 0 bridgehead atoms. The fourth-order valence-corrected chi connectivity index (χ4v) is 3.25. The van der Waals surface area contributed by atoms with Crippen LogP contribution in [-0.2, 0) is 9.59 Å². The van der Waals surface area contributed by atoms with E-state index >= 15 is 0 Å². The second kappa shape index (κ2) is 9.52. The van der Waals surface area contributed by atoms with Crippen molar-refractivity contribution in [1.29, 1.82) is 0 Å². The number of ether oxygens (including phenoxy) is 2. The van der Waals surface area contributed by atoms with E-state index in [1.807, 2.05) is 6.92 Å². The molecule has 0 spiro atoms. The molecule has 10 heteroatoms. The van der Waals surface area contributed by atoms with Gasteiger partial charge in [0.05, 0.1) is 30.0 Å². The number of carboxylic acid groups (broad SMARTS) is 1. The normalized spacial score (nSPS) is 15.0. The Morgan fingerprint density at radius 1 is 1.19 bits per heavy atom. The van der Waals surface area contributed by atoms with E-state index in [1.165, 1.54) is 43.5 Å². The molecule has 0 saturated carbocycles. The molecule has 3 rings (SSSR count). The average molecular weight is 459 g/mol. The lowest BCUT2D eigenvalue weighted by atomic mass is 10.1. The number of anilines is 1. The van der Waals surface area contributed by atoms with Crippen molar-refractivity contribution in [2.45, 2.75) is 13.3 Å². The van der Waals surface area contributed by atoms with Gasteiger partial charge in [-0.05, 0) is 54.5 Å². The summed E-state index contributed by atoms with van der Waals surface area (Å²) in [5.74, 6) is -2.24. The molecule has 0 unspecified atom stereocenters. The molecule has 2 aromatic rings. The summed E-state index contributed by atoms with van der Waals surface area (Å²) in [6.45, 7) is 2.36. The fourth-order valence-electron chi connectivity index (χ4n) is 2.98. The minimum atomic E-state index is -1.15. The first-order chi connectivity index (χ1) is 15.3. The number of carbonyl (C=O) groups is 4. The number of rotatable bonds is 7. The smallest absolute Gasteiger partial charge is 0.335 e. The summed E-state index contributed by atoms with van der Waals surface area (Å²) in [7, 11) is 1.43. The summed E-state index contributed by atoms with van der Waals surface area (Å²) in [5, 5.41) is 11.3. The molecule has 32 heavy (non-hydrogen) atoms. The Hall–Kier alpha value is -3.85. The molecule has 0 aromatic heterocycles. The van der Waals surface area contributed by atoms with Gasteiger partial charge in [0.15, 0.2) is 11.5 Å². The van der Waals surface area contributed by atoms with Gasteiger partial charge >= 0.3 is 12.0 Å². The molecule has 2 aromatic carbocycles.